The number of nitrogens with one attached hydrogen (secondary N) is 1. The van der Waals surface area contributed by atoms with Crippen LogP contribution in [0.3, 0.4) is 0 Å². The summed E-state index contributed by atoms with van der Waals surface area (Å²) in [6.45, 7) is 2.50. The number of likely N-dealkylation sites (N-methyl/N-ethyl adjacent to an activating group) is 1. The molecule has 0 radical (unpaired) electrons. The summed E-state index contributed by atoms with van der Waals surface area (Å²) in [6, 6.07) is 11.7. The maximum absolute atomic E-state index is 12.1. The van der Waals surface area contributed by atoms with Crippen LogP contribution in [0.4, 0.5) is 0 Å². The molecule has 0 aromatic heterocycles. The molecule has 180 valence electrons. The summed E-state index contributed by atoms with van der Waals surface area (Å²) in [5.74, 6) is 2.85. The van der Waals surface area contributed by atoms with E-state index in [1.54, 1.807) is 28.4 Å². The van der Waals surface area contributed by atoms with Crippen molar-refractivity contribution in [1.82, 2.24) is 10.2 Å². The Labute approximate surface area is 197 Å². The molecule has 7 heteroatoms. The molecule has 0 atom stereocenters. The second-order valence-electron chi connectivity index (χ2n) is 7.67. The Morgan fingerprint density at radius 3 is 2.18 bits per heavy atom. The number of hydrogen-bond acceptors (Lipinski definition) is 6. The minimum atomic E-state index is 0.0136. The lowest BCUT2D eigenvalue weighted by Crippen LogP contribution is -2.28. The number of carbonyl (C=O) groups is 1. The number of rotatable bonds is 14. The first-order chi connectivity index (χ1) is 16.0. The Kier molecular flexibility index (Phi) is 11.1. The number of amides is 1. The van der Waals surface area contributed by atoms with Gasteiger partial charge in [-0.1, -0.05) is 24.3 Å². The number of methoxy groups -OCH3 is 4. The monoisotopic (exact) mass is 456 g/mol. The van der Waals surface area contributed by atoms with Crippen molar-refractivity contribution in [3.05, 3.63) is 53.6 Å². The second-order valence-corrected chi connectivity index (χ2v) is 7.67. The van der Waals surface area contributed by atoms with Gasteiger partial charge in [0, 0.05) is 19.5 Å². The van der Waals surface area contributed by atoms with Crippen LogP contribution in [-0.4, -0.2) is 65.9 Å². The van der Waals surface area contributed by atoms with Crippen molar-refractivity contribution in [3.63, 3.8) is 0 Å². The molecule has 0 heterocycles. The third-order valence-electron chi connectivity index (χ3n) is 5.29. The van der Waals surface area contributed by atoms with E-state index in [0.29, 0.717) is 24.5 Å². The number of ether oxygens (including phenoxy) is 4. The van der Waals surface area contributed by atoms with E-state index < -0.39 is 0 Å². The Hall–Kier alpha value is -3.19. The Bertz CT molecular complexity index is 914. The fourth-order valence-corrected chi connectivity index (χ4v) is 3.38. The molecule has 0 spiro atoms. The van der Waals surface area contributed by atoms with Crippen LogP contribution < -0.4 is 24.3 Å². The quantitative estimate of drug-likeness (QED) is 0.436. The fraction of sp³-hybridized carbons (Fsp3) is 0.423. The molecule has 33 heavy (non-hydrogen) atoms. The molecule has 2 aromatic carbocycles. The van der Waals surface area contributed by atoms with E-state index in [-0.39, 0.29) is 5.91 Å². The van der Waals surface area contributed by atoms with Crippen molar-refractivity contribution < 1.29 is 23.7 Å². The summed E-state index contributed by atoms with van der Waals surface area (Å²) in [5.41, 5.74) is 2.16. The lowest BCUT2D eigenvalue weighted by atomic mass is 10.1. The van der Waals surface area contributed by atoms with Crippen LogP contribution in [0, 0.1) is 0 Å². The molecule has 0 bridgehead atoms. The van der Waals surface area contributed by atoms with Crippen molar-refractivity contribution in [3.8, 4) is 23.0 Å². The van der Waals surface area contributed by atoms with Crippen molar-refractivity contribution in [2.45, 2.75) is 19.3 Å². The highest BCUT2D eigenvalue weighted by molar-refractivity contribution is 5.78. The second kappa shape index (κ2) is 14.1. The summed E-state index contributed by atoms with van der Waals surface area (Å²) in [5, 5.41) is 2.97. The lowest BCUT2D eigenvalue weighted by Gasteiger charge is -2.17. The first-order valence-corrected chi connectivity index (χ1v) is 11.1. The number of benzene rings is 2. The van der Waals surface area contributed by atoms with Crippen LogP contribution in [0.25, 0.3) is 6.08 Å². The van der Waals surface area contributed by atoms with E-state index in [1.165, 1.54) is 5.56 Å². The SMILES string of the molecule is COc1ccc(/C=C/CC(=O)NCCCN(C)CCc2ccc(OC)c(OC)c2)cc1OC. The highest BCUT2D eigenvalue weighted by Crippen LogP contribution is 2.28. The summed E-state index contributed by atoms with van der Waals surface area (Å²) in [6.07, 6.45) is 5.91. The molecule has 0 fully saturated rings. The van der Waals surface area contributed by atoms with Crippen molar-refractivity contribution in [2.24, 2.45) is 0 Å². The molecule has 1 N–H and O–H groups in total. The summed E-state index contributed by atoms with van der Waals surface area (Å²) >= 11 is 0. The van der Waals surface area contributed by atoms with Crippen LogP contribution in [0.1, 0.15) is 24.0 Å². The average Bonchev–Trinajstić information content (AvgIpc) is 2.84. The fourth-order valence-electron chi connectivity index (χ4n) is 3.38. The highest BCUT2D eigenvalue weighted by Gasteiger charge is 2.06. The molecule has 0 aliphatic heterocycles. The normalized spacial score (nSPS) is 11.0. The van der Waals surface area contributed by atoms with Gasteiger partial charge in [-0.05, 0) is 61.8 Å². The molecular weight excluding hydrogens is 420 g/mol. The molecule has 2 aromatic rings. The van der Waals surface area contributed by atoms with E-state index >= 15 is 0 Å². The zero-order valence-corrected chi connectivity index (χ0v) is 20.3. The van der Waals surface area contributed by atoms with Gasteiger partial charge >= 0.3 is 0 Å². The molecule has 1 amide bonds. The van der Waals surface area contributed by atoms with Gasteiger partial charge in [0.25, 0.3) is 0 Å². The predicted octanol–water partition coefficient (Wildman–Crippen LogP) is 3.81. The van der Waals surface area contributed by atoms with E-state index in [4.69, 9.17) is 18.9 Å². The van der Waals surface area contributed by atoms with Gasteiger partial charge in [0.15, 0.2) is 23.0 Å². The average molecular weight is 457 g/mol. The Morgan fingerprint density at radius 2 is 1.52 bits per heavy atom. The van der Waals surface area contributed by atoms with Crippen LogP contribution in [0.15, 0.2) is 42.5 Å². The van der Waals surface area contributed by atoms with Gasteiger partial charge < -0.3 is 29.2 Å². The largest absolute Gasteiger partial charge is 0.493 e. The first-order valence-electron chi connectivity index (χ1n) is 11.1. The number of carbonyl (C=O) groups excluding carboxylic acids is 1. The Balaban J connectivity index is 1.65. The predicted molar refractivity (Wildman–Crippen MR) is 132 cm³/mol. The lowest BCUT2D eigenvalue weighted by molar-refractivity contribution is -0.120. The van der Waals surface area contributed by atoms with E-state index in [2.05, 4.69) is 23.3 Å². The van der Waals surface area contributed by atoms with Crippen molar-refractivity contribution in [2.75, 3.05) is 55.1 Å². The minimum Gasteiger partial charge on any atom is -0.493 e. The van der Waals surface area contributed by atoms with Crippen molar-refractivity contribution >= 4 is 12.0 Å². The van der Waals surface area contributed by atoms with Gasteiger partial charge in [-0.3, -0.25) is 4.79 Å². The van der Waals surface area contributed by atoms with Crippen LogP contribution >= 0.6 is 0 Å². The van der Waals surface area contributed by atoms with Gasteiger partial charge in [-0.15, -0.1) is 0 Å². The Morgan fingerprint density at radius 1 is 0.879 bits per heavy atom. The maximum atomic E-state index is 12.1. The third-order valence-corrected chi connectivity index (χ3v) is 5.29. The standard InChI is InChI=1S/C26H36N2O5/c1-28(17-14-21-11-13-23(31-3)25(19-21)33-5)16-7-15-27-26(29)9-6-8-20-10-12-22(30-2)24(18-20)32-4/h6,8,10-13,18-19H,7,9,14-17H2,1-5H3,(H,27,29)/b8-6+. The molecule has 2 rings (SSSR count). The van der Waals surface area contributed by atoms with Gasteiger partial charge in [0.05, 0.1) is 28.4 Å². The maximum Gasteiger partial charge on any atom is 0.223 e. The van der Waals surface area contributed by atoms with Crippen LogP contribution in [0.2, 0.25) is 0 Å². The molecular formula is C26H36N2O5. The van der Waals surface area contributed by atoms with Gasteiger partial charge in [0.1, 0.15) is 0 Å². The van der Waals surface area contributed by atoms with Gasteiger partial charge in [-0.2, -0.15) is 0 Å². The van der Waals surface area contributed by atoms with E-state index in [0.717, 1.165) is 43.0 Å². The molecule has 0 aliphatic rings. The molecule has 7 nitrogen and oxygen atoms in total. The molecule has 0 saturated carbocycles. The molecule has 0 saturated heterocycles. The zero-order chi connectivity index (χ0) is 24.1. The third kappa shape index (κ3) is 8.69. The molecule has 0 unspecified atom stereocenters. The highest BCUT2D eigenvalue weighted by atomic mass is 16.5. The van der Waals surface area contributed by atoms with Gasteiger partial charge in [0.2, 0.25) is 5.91 Å². The van der Waals surface area contributed by atoms with Gasteiger partial charge in [-0.25, -0.2) is 0 Å². The minimum absolute atomic E-state index is 0.0136. The summed E-state index contributed by atoms with van der Waals surface area (Å²) < 4.78 is 21.2. The summed E-state index contributed by atoms with van der Waals surface area (Å²) in [7, 11) is 8.58. The number of hydrogen-bond donors (Lipinski definition) is 1. The zero-order valence-electron chi connectivity index (χ0n) is 20.3. The first kappa shape index (κ1) is 26.1. The topological polar surface area (TPSA) is 69.3 Å². The van der Waals surface area contributed by atoms with E-state index in [9.17, 15) is 4.79 Å². The summed E-state index contributed by atoms with van der Waals surface area (Å²) in [4.78, 5) is 14.3. The van der Waals surface area contributed by atoms with Crippen LogP contribution in [-0.2, 0) is 11.2 Å². The smallest absolute Gasteiger partial charge is 0.223 e. The van der Waals surface area contributed by atoms with Crippen LogP contribution in [0.5, 0.6) is 23.0 Å². The van der Waals surface area contributed by atoms with E-state index in [1.807, 2.05) is 42.5 Å². The number of nitrogens with zero attached hydrogens (tertiary/aromatic N) is 1. The molecule has 0 aliphatic carbocycles. The van der Waals surface area contributed by atoms with Crippen molar-refractivity contribution in [1.29, 1.82) is 0 Å².